The number of hydrogen-bond donors (Lipinski definition) is 3. The molecule has 4 heteroatoms. The van der Waals surface area contributed by atoms with E-state index in [0.29, 0.717) is 32.1 Å². The van der Waals surface area contributed by atoms with Crippen molar-refractivity contribution in [3.05, 3.63) is 0 Å². The third-order valence-electron chi connectivity index (χ3n) is 10.1. The van der Waals surface area contributed by atoms with E-state index in [1.54, 1.807) is 0 Å². The molecule has 0 unspecified atom stereocenters. The highest BCUT2D eigenvalue weighted by atomic mass is 16.4. The Labute approximate surface area is 192 Å². The Bertz CT molecular complexity index is 910. The zero-order valence-corrected chi connectivity index (χ0v) is 18.7. The van der Waals surface area contributed by atoms with Crippen LogP contribution in [0.3, 0.4) is 0 Å². The second-order valence-corrected chi connectivity index (χ2v) is 11.3. The topological polar surface area (TPSA) is 77.8 Å². The van der Waals surface area contributed by atoms with Crippen LogP contribution in [0.25, 0.3) is 0 Å². The van der Waals surface area contributed by atoms with Gasteiger partial charge in [-0.3, -0.25) is 4.79 Å². The molecule has 0 saturated heterocycles. The number of carboxylic acids is 1. The monoisotopic (exact) mass is 427 g/mol. The van der Waals surface area contributed by atoms with Gasteiger partial charge in [-0.05, 0) is 104 Å². The molecule has 0 heterocycles. The molecule has 4 aliphatic carbocycles. The molecule has 3 N–H and O–H groups in total. The van der Waals surface area contributed by atoms with Gasteiger partial charge in [0.1, 0.15) is 0 Å². The molecule has 0 amide bonds. The van der Waals surface area contributed by atoms with E-state index >= 15 is 0 Å². The average molecular weight is 428 g/mol. The minimum absolute atomic E-state index is 0.00319. The van der Waals surface area contributed by atoms with E-state index < -0.39 is 54.5 Å². The van der Waals surface area contributed by atoms with Crippen LogP contribution in [0.5, 0.6) is 0 Å². The summed E-state index contributed by atoms with van der Waals surface area (Å²) in [5, 5.41) is 31.9. The number of aliphatic hydroxyl groups excluding tert-OH is 1. The molecule has 0 aliphatic heterocycles. The summed E-state index contributed by atoms with van der Waals surface area (Å²) < 4.78 is 60.5. The van der Waals surface area contributed by atoms with Gasteiger partial charge in [0, 0.05) is 14.6 Å². The average Bonchev–Trinajstić information content (AvgIpc) is 3.13. The van der Waals surface area contributed by atoms with E-state index in [-0.39, 0.29) is 41.9 Å². The fourth-order valence-electron chi connectivity index (χ4n) is 8.50. The number of carboxylic acid groups (broad SMARTS) is 1. The molecule has 0 aromatic carbocycles. The van der Waals surface area contributed by atoms with Crippen LogP contribution >= 0.6 is 0 Å². The first-order valence-corrected chi connectivity index (χ1v) is 11.9. The largest absolute Gasteiger partial charge is 0.481 e. The normalized spacial score (nSPS) is 60.8. The maximum atomic E-state index is 12.1. The van der Waals surface area contributed by atoms with Gasteiger partial charge < -0.3 is 15.3 Å². The molecular formula is C26H44O4. The van der Waals surface area contributed by atoms with Crippen molar-refractivity contribution in [3.63, 3.8) is 0 Å². The lowest BCUT2D eigenvalue weighted by Crippen LogP contribution is -2.62. The lowest BCUT2D eigenvalue weighted by atomic mass is 9.41. The third-order valence-corrected chi connectivity index (χ3v) is 10.1. The van der Waals surface area contributed by atoms with Crippen molar-refractivity contribution in [2.45, 2.75) is 104 Å². The molecule has 4 saturated carbocycles. The van der Waals surface area contributed by atoms with Crippen LogP contribution in [0.4, 0.5) is 0 Å². The molecule has 172 valence electrons. The van der Waals surface area contributed by atoms with Crippen LogP contribution in [0.15, 0.2) is 0 Å². The molecule has 0 aromatic heterocycles. The van der Waals surface area contributed by atoms with E-state index in [1.165, 1.54) is 0 Å². The molecular weight excluding hydrogens is 376 g/mol. The van der Waals surface area contributed by atoms with Crippen LogP contribution in [-0.2, 0) is 4.79 Å². The van der Waals surface area contributed by atoms with Crippen molar-refractivity contribution >= 4 is 5.97 Å². The van der Waals surface area contributed by atoms with Crippen LogP contribution in [0.2, 0.25) is 0 Å². The van der Waals surface area contributed by atoms with Gasteiger partial charge in [-0.2, -0.15) is 0 Å². The quantitative estimate of drug-likeness (QED) is 0.569. The lowest BCUT2D eigenvalue weighted by Gasteiger charge is -2.64. The smallest absolute Gasteiger partial charge is 0.303 e. The summed E-state index contributed by atoms with van der Waals surface area (Å²) in [6.07, 6.45) is -2.13. The third kappa shape index (κ3) is 3.36. The van der Waals surface area contributed by atoms with Crippen molar-refractivity contribution in [1.29, 1.82) is 0 Å². The first-order chi connectivity index (χ1) is 16.8. The number of fused-ring (bicyclic) bond motifs is 5. The molecule has 4 aliphatic rings. The van der Waals surface area contributed by atoms with Gasteiger partial charge in [0.05, 0.1) is 13.6 Å². The van der Waals surface area contributed by atoms with Gasteiger partial charge in [0.25, 0.3) is 0 Å². The number of carbonyl (C=O) groups is 1. The van der Waals surface area contributed by atoms with E-state index in [0.717, 1.165) is 12.8 Å². The maximum absolute atomic E-state index is 12.1. The number of rotatable bonds is 5. The highest BCUT2D eigenvalue weighted by Gasteiger charge is 2.64. The fourth-order valence-corrected chi connectivity index (χ4v) is 8.50. The molecule has 0 radical (unpaired) electrons. The van der Waals surface area contributed by atoms with E-state index in [9.17, 15) is 22.9 Å². The van der Waals surface area contributed by atoms with Gasteiger partial charge in [0.15, 0.2) is 0 Å². The lowest BCUT2D eigenvalue weighted by molar-refractivity contribution is -0.203. The highest BCUT2D eigenvalue weighted by molar-refractivity contribution is 5.66. The molecule has 11 atom stereocenters. The Morgan fingerprint density at radius 1 is 1.13 bits per heavy atom. The van der Waals surface area contributed by atoms with E-state index in [4.69, 9.17) is 6.85 Å². The molecule has 4 rings (SSSR count). The second-order valence-electron chi connectivity index (χ2n) is 11.3. The first kappa shape index (κ1) is 15.3. The zero-order chi connectivity index (χ0) is 28.0. The summed E-state index contributed by atoms with van der Waals surface area (Å²) in [5.41, 5.74) is -1.01. The zero-order valence-electron chi connectivity index (χ0n) is 25.7. The number of aliphatic hydroxyl groups is 2. The summed E-state index contributed by atoms with van der Waals surface area (Å²) in [6, 6.07) is 0. The van der Waals surface area contributed by atoms with Gasteiger partial charge in [-0.25, -0.2) is 0 Å². The molecule has 4 nitrogen and oxygen atoms in total. The van der Waals surface area contributed by atoms with Gasteiger partial charge >= 0.3 is 5.97 Å². The molecule has 30 heavy (non-hydrogen) atoms. The Morgan fingerprint density at radius 3 is 2.53 bits per heavy atom. The molecule has 4 fully saturated rings. The van der Waals surface area contributed by atoms with E-state index in [2.05, 4.69) is 13.8 Å². The summed E-state index contributed by atoms with van der Waals surface area (Å²) in [5.74, 6) is -5.38. The van der Waals surface area contributed by atoms with Crippen LogP contribution in [0.1, 0.15) is 101 Å². The summed E-state index contributed by atoms with van der Waals surface area (Å²) in [6.45, 7) is 2.94. The SMILES string of the molecule is [2H]C([2H])([2H])C([2H])([2H])[C@@]1([2H])[C@@H]2C[C@H](O)CC[C@]2(C)[C@H]2CC[C@]3(C)[C@@H]([C@H](C)CCC(=O)O)CC[C@H]3[C@@H]2[C@]1([2H])O. The van der Waals surface area contributed by atoms with Crippen LogP contribution < -0.4 is 0 Å². The van der Waals surface area contributed by atoms with Crippen molar-refractivity contribution in [3.8, 4) is 0 Å². The Hall–Kier alpha value is -0.610. The number of aliphatic carboxylic acids is 1. The summed E-state index contributed by atoms with van der Waals surface area (Å²) in [4.78, 5) is 11.2. The molecule has 0 aromatic rings. The van der Waals surface area contributed by atoms with Gasteiger partial charge in [0.2, 0.25) is 0 Å². The minimum Gasteiger partial charge on any atom is -0.481 e. The standard InChI is InChI=1S/C26H44O4/c1-5-17-21-14-16(27)10-12-26(21,4)20-11-13-25(3)18(15(2)6-9-22(28)29)7-8-19(25)23(20)24(17)30/h15-21,23-24,27,30H,5-14H2,1-4H3,(H,28,29)/t15-,16-,17+,18-,19+,20+,21+,23+,24-,25-,26-/m1/s1/i1D3,5D2,17D,24D. The van der Waals surface area contributed by atoms with Crippen molar-refractivity contribution in [1.82, 2.24) is 0 Å². The van der Waals surface area contributed by atoms with E-state index in [1.807, 2.05) is 6.92 Å². The maximum Gasteiger partial charge on any atom is 0.303 e. The predicted molar refractivity (Wildman–Crippen MR) is 118 cm³/mol. The Balaban J connectivity index is 1.83. The second kappa shape index (κ2) is 8.06. The minimum atomic E-state index is -3.23. The van der Waals surface area contributed by atoms with Gasteiger partial charge in [-0.15, -0.1) is 0 Å². The van der Waals surface area contributed by atoms with Crippen molar-refractivity contribution in [2.75, 3.05) is 0 Å². The summed E-state index contributed by atoms with van der Waals surface area (Å²) in [7, 11) is 0. The van der Waals surface area contributed by atoms with Crippen LogP contribution in [0, 0.1) is 52.2 Å². The Morgan fingerprint density at radius 2 is 1.83 bits per heavy atom. The fraction of sp³-hybridized carbons (Fsp3) is 0.962. The molecule has 0 spiro atoms. The highest BCUT2D eigenvalue weighted by Crippen LogP contribution is 2.69. The summed E-state index contributed by atoms with van der Waals surface area (Å²) >= 11 is 0. The van der Waals surface area contributed by atoms with Crippen molar-refractivity contribution in [2.24, 2.45) is 52.2 Å². The predicted octanol–water partition coefficient (Wildman–Crippen LogP) is 5.11. The Kier molecular flexibility index (Phi) is 4.10. The van der Waals surface area contributed by atoms with Crippen molar-refractivity contribution < 1.29 is 29.7 Å². The van der Waals surface area contributed by atoms with Crippen LogP contribution in [-0.4, -0.2) is 33.5 Å². The number of hydrogen-bond acceptors (Lipinski definition) is 3. The molecule has 0 bridgehead atoms. The first-order valence-electron chi connectivity index (χ1n) is 15.4. The van der Waals surface area contributed by atoms with Gasteiger partial charge in [-0.1, -0.05) is 34.0 Å².